The number of hydrogen-bond donors (Lipinski definition) is 1. The molecule has 0 spiro atoms. The molecule has 0 aliphatic carbocycles. The second-order valence-corrected chi connectivity index (χ2v) is 9.28. The number of amides is 1. The maximum atomic E-state index is 13.2. The molecule has 0 radical (unpaired) electrons. The number of carbonyl (C=O) groups is 2. The average molecular weight is 466 g/mol. The third-order valence-corrected chi connectivity index (χ3v) is 7.20. The highest BCUT2D eigenvalue weighted by Crippen LogP contribution is 2.44. The molecule has 1 unspecified atom stereocenters. The first-order valence-corrected chi connectivity index (χ1v) is 11.6. The summed E-state index contributed by atoms with van der Waals surface area (Å²) in [5, 5.41) is 13.6. The van der Waals surface area contributed by atoms with E-state index in [9.17, 15) is 14.7 Å². The summed E-state index contributed by atoms with van der Waals surface area (Å²) in [4.78, 5) is 28.6. The molecule has 1 amide bonds. The molecule has 2 aliphatic heterocycles. The lowest BCUT2D eigenvalue weighted by molar-refractivity contribution is -0.132. The molecule has 1 fully saturated rings. The molecule has 2 aromatic carbocycles. The van der Waals surface area contributed by atoms with Crippen LogP contribution in [0, 0.1) is 6.92 Å². The number of nitrogens with zero attached hydrogens (tertiary/aromatic N) is 1. The molecule has 0 bridgehead atoms. The quantitative estimate of drug-likeness (QED) is 0.308. The summed E-state index contributed by atoms with van der Waals surface area (Å²) in [6.45, 7) is 2.54. The van der Waals surface area contributed by atoms with E-state index in [0.29, 0.717) is 22.9 Å². The zero-order chi connectivity index (χ0) is 22.4. The van der Waals surface area contributed by atoms with Crippen LogP contribution < -0.4 is 9.64 Å². The van der Waals surface area contributed by atoms with E-state index >= 15 is 0 Å². The number of aliphatic hydroxyl groups excluding tert-OH is 1. The fourth-order valence-corrected chi connectivity index (χ4v) is 5.21. The molecule has 162 valence electrons. The predicted molar refractivity (Wildman–Crippen MR) is 126 cm³/mol. The number of benzene rings is 2. The molecule has 5 nitrogen and oxygen atoms in total. The molecule has 3 aromatic rings. The first-order valence-electron chi connectivity index (χ1n) is 10.3. The van der Waals surface area contributed by atoms with Crippen LogP contribution in [0.25, 0.3) is 5.76 Å². The van der Waals surface area contributed by atoms with E-state index in [2.05, 4.69) is 0 Å². The van der Waals surface area contributed by atoms with Crippen molar-refractivity contribution in [1.82, 2.24) is 0 Å². The smallest absolute Gasteiger partial charge is 0.300 e. The van der Waals surface area contributed by atoms with Crippen LogP contribution in [-0.2, 0) is 16.0 Å². The van der Waals surface area contributed by atoms with Gasteiger partial charge in [0.15, 0.2) is 0 Å². The zero-order valence-corrected chi connectivity index (χ0v) is 18.9. The number of rotatable bonds is 3. The average Bonchev–Trinajstić information content (AvgIpc) is 3.42. The first-order chi connectivity index (χ1) is 15.5. The topological polar surface area (TPSA) is 66.8 Å². The van der Waals surface area contributed by atoms with Gasteiger partial charge in [-0.1, -0.05) is 23.7 Å². The number of aliphatic hydroxyl groups is 1. The van der Waals surface area contributed by atoms with Gasteiger partial charge in [0.2, 0.25) is 0 Å². The predicted octanol–water partition coefficient (Wildman–Crippen LogP) is 5.66. The van der Waals surface area contributed by atoms with Gasteiger partial charge >= 0.3 is 0 Å². The van der Waals surface area contributed by atoms with Crippen molar-refractivity contribution in [2.45, 2.75) is 25.8 Å². The van der Waals surface area contributed by atoms with Gasteiger partial charge in [0.05, 0.1) is 12.2 Å². The van der Waals surface area contributed by atoms with E-state index in [-0.39, 0.29) is 11.3 Å². The Morgan fingerprint density at radius 3 is 2.78 bits per heavy atom. The van der Waals surface area contributed by atoms with Crippen molar-refractivity contribution in [2.75, 3.05) is 11.5 Å². The van der Waals surface area contributed by atoms with Crippen LogP contribution in [0.3, 0.4) is 0 Å². The van der Waals surface area contributed by atoms with Gasteiger partial charge in [-0.25, -0.2) is 0 Å². The van der Waals surface area contributed by atoms with E-state index in [4.69, 9.17) is 16.3 Å². The summed E-state index contributed by atoms with van der Waals surface area (Å²) in [6.07, 6.45) is 1.73. The number of thiophene rings is 1. The van der Waals surface area contributed by atoms with Crippen molar-refractivity contribution in [3.63, 3.8) is 0 Å². The third-order valence-electron chi connectivity index (χ3n) is 5.87. The van der Waals surface area contributed by atoms with E-state index < -0.39 is 17.7 Å². The van der Waals surface area contributed by atoms with Crippen LogP contribution in [-0.4, -0.2) is 23.4 Å². The lowest BCUT2D eigenvalue weighted by atomic mass is 9.97. The number of Topliss-reactive ketones (excluding diaryl/α,β-unsaturated/α-hetero) is 1. The number of fused-ring (bicyclic) bond motifs is 1. The van der Waals surface area contributed by atoms with Crippen LogP contribution in [0.4, 0.5) is 5.69 Å². The highest BCUT2D eigenvalue weighted by molar-refractivity contribution is 7.10. The molecule has 3 heterocycles. The summed E-state index contributed by atoms with van der Waals surface area (Å²) < 4.78 is 5.66. The van der Waals surface area contributed by atoms with Crippen LogP contribution in [0.5, 0.6) is 5.75 Å². The van der Waals surface area contributed by atoms with Crippen molar-refractivity contribution >= 4 is 46.1 Å². The minimum absolute atomic E-state index is 0.0748. The minimum Gasteiger partial charge on any atom is -0.507 e. The molecule has 1 saturated heterocycles. The Morgan fingerprint density at radius 2 is 2.03 bits per heavy atom. The maximum absolute atomic E-state index is 13.2. The van der Waals surface area contributed by atoms with Gasteiger partial charge in [-0.15, -0.1) is 11.3 Å². The van der Waals surface area contributed by atoms with Crippen LogP contribution in [0.15, 0.2) is 59.5 Å². The number of hydrogen-bond acceptors (Lipinski definition) is 5. The number of anilines is 1. The lowest BCUT2D eigenvalue weighted by Gasteiger charge is -2.24. The summed E-state index contributed by atoms with van der Waals surface area (Å²) >= 11 is 7.74. The molecule has 0 saturated carbocycles. The number of halogens is 1. The molecule has 1 aromatic heterocycles. The van der Waals surface area contributed by atoms with Crippen molar-refractivity contribution in [3.05, 3.63) is 86.1 Å². The van der Waals surface area contributed by atoms with Gasteiger partial charge in [0.25, 0.3) is 11.7 Å². The van der Waals surface area contributed by atoms with Gasteiger partial charge in [-0.05, 0) is 72.7 Å². The molecule has 1 N–H and O–H groups in total. The van der Waals surface area contributed by atoms with Crippen LogP contribution >= 0.6 is 22.9 Å². The molecule has 7 heteroatoms. The third kappa shape index (κ3) is 3.40. The lowest BCUT2D eigenvalue weighted by Crippen LogP contribution is -2.29. The second-order valence-electron chi connectivity index (χ2n) is 7.89. The van der Waals surface area contributed by atoms with E-state index in [1.54, 1.807) is 24.3 Å². The van der Waals surface area contributed by atoms with Crippen LogP contribution in [0.2, 0.25) is 5.02 Å². The second kappa shape index (κ2) is 8.11. The number of ketones is 1. The van der Waals surface area contributed by atoms with Crippen LogP contribution in [0.1, 0.15) is 34.0 Å². The van der Waals surface area contributed by atoms with Gasteiger partial charge in [-0.2, -0.15) is 0 Å². The number of carbonyl (C=O) groups excluding carboxylic acids is 2. The highest BCUT2D eigenvalue weighted by atomic mass is 35.5. The van der Waals surface area contributed by atoms with E-state index in [1.165, 1.54) is 16.2 Å². The Hall–Kier alpha value is -3.09. The van der Waals surface area contributed by atoms with Crippen molar-refractivity contribution in [2.24, 2.45) is 0 Å². The molecule has 1 atom stereocenters. The van der Waals surface area contributed by atoms with Crippen molar-refractivity contribution in [1.29, 1.82) is 0 Å². The fraction of sp³-hybridized carbons (Fsp3) is 0.200. The summed E-state index contributed by atoms with van der Waals surface area (Å²) in [6, 6.07) is 13.6. The standard InChI is InChI=1S/C25H20ClNO4S/c1-14-6-8-17(13-18(14)26)27-22(20-5-3-11-32-20)21(24(29)25(27)30)23(28)16-7-9-19-15(12-16)4-2-10-31-19/h3,5-9,11-13,22,28H,2,4,10H2,1H3/b23-21-. The maximum Gasteiger partial charge on any atom is 0.300 e. The SMILES string of the molecule is Cc1ccc(N2C(=O)C(=O)/C(=C(\O)c3ccc4c(c3)CCCO4)C2c2cccs2)cc1Cl. The highest BCUT2D eigenvalue weighted by Gasteiger charge is 2.47. The summed E-state index contributed by atoms with van der Waals surface area (Å²) in [7, 11) is 0. The van der Waals surface area contributed by atoms with Crippen molar-refractivity contribution in [3.8, 4) is 5.75 Å². The Balaban J connectivity index is 1.67. The fourth-order valence-electron chi connectivity index (χ4n) is 4.21. The summed E-state index contributed by atoms with van der Waals surface area (Å²) in [5.41, 5.74) is 2.93. The molecular weight excluding hydrogens is 446 g/mol. The molecule has 32 heavy (non-hydrogen) atoms. The molecular formula is C25H20ClNO4S. The van der Waals surface area contributed by atoms with Gasteiger partial charge in [-0.3, -0.25) is 14.5 Å². The summed E-state index contributed by atoms with van der Waals surface area (Å²) in [5.74, 6) is -0.800. The normalized spacial score (nSPS) is 19.7. The Labute approximate surface area is 194 Å². The molecule has 2 aliphatic rings. The minimum atomic E-state index is -0.735. The van der Waals surface area contributed by atoms with Crippen molar-refractivity contribution < 1.29 is 19.4 Å². The van der Waals surface area contributed by atoms with E-state index in [1.807, 2.05) is 36.6 Å². The van der Waals surface area contributed by atoms with Gasteiger partial charge < -0.3 is 9.84 Å². The Bertz CT molecular complexity index is 1260. The number of ether oxygens (including phenoxy) is 1. The largest absolute Gasteiger partial charge is 0.507 e. The van der Waals surface area contributed by atoms with E-state index in [0.717, 1.165) is 34.6 Å². The first kappa shape index (κ1) is 20.8. The Morgan fingerprint density at radius 1 is 1.19 bits per heavy atom. The zero-order valence-electron chi connectivity index (χ0n) is 17.3. The van der Waals surface area contributed by atoms with Gasteiger partial charge in [0.1, 0.15) is 17.6 Å². The monoisotopic (exact) mass is 465 g/mol. The number of aryl methyl sites for hydroxylation is 2. The molecule has 5 rings (SSSR count). The Kier molecular flexibility index (Phi) is 5.27. The van der Waals surface area contributed by atoms with Gasteiger partial charge in [0, 0.05) is 21.2 Å².